The van der Waals surface area contributed by atoms with Gasteiger partial charge in [-0.05, 0) is 54.5 Å². The summed E-state index contributed by atoms with van der Waals surface area (Å²) in [5, 5.41) is 4.63. The number of nitrogens with one attached hydrogen (secondary N) is 1. The highest BCUT2D eigenvalue weighted by Crippen LogP contribution is 2.38. The van der Waals surface area contributed by atoms with E-state index >= 15 is 0 Å². The van der Waals surface area contributed by atoms with E-state index in [4.69, 9.17) is 11.6 Å². The van der Waals surface area contributed by atoms with E-state index in [-0.39, 0.29) is 0 Å². The summed E-state index contributed by atoms with van der Waals surface area (Å²) in [6.07, 6.45) is 3.34. The fourth-order valence-corrected chi connectivity index (χ4v) is 3.60. The van der Waals surface area contributed by atoms with Crippen LogP contribution < -0.4 is 5.32 Å². The summed E-state index contributed by atoms with van der Waals surface area (Å²) in [5.74, 6) is 0.592. The van der Waals surface area contributed by atoms with Crippen molar-refractivity contribution in [1.82, 2.24) is 5.32 Å². The van der Waals surface area contributed by atoms with E-state index < -0.39 is 0 Å². The monoisotopic (exact) mass is 299 g/mol. The second-order valence-corrected chi connectivity index (χ2v) is 6.30. The Morgan fingerprint density at radius 1 is 1.10 bits per heavy atom. The van der Waals surface area contributed by atoms with Crippen LogP contribution in [0.15, 0.2) is 48.5 Å². The van der Waals surface area contributed by atoms with Crippen LogP contribution in [-0.2, 0) is 12.8 Å². The molecule has 2 atom stereocenters. The molecule has 2 unspecified atom stereocenters. The average Bonchev–Trinajstić information content (AvgIpc) is 2.85. The van der Waals surface area contributed by atoms with Crippen LogP contribution in [0.1, 0.15) is 36.1 Å². The molecule has 2 aromatic carbocycles. The minimum Gasteiger partial charge on any atom is -0.310 e. The molecule has 110 valence electrons. The number of fused-ring (bicyclic) bond motifs is 1. The Hall–Kier alpha value is -1.31. The molecule has 2 aromatic rings. The van der Waals surface area contributed by atoms with Gasteiger partial charge in [-0.1, -0.05) is 61.0 Å². The highest BCUT2D eigenvalue weighted by Gasteiger charge is 2.31. The van der Waals surface area contributed by atoms with Crippen LogP contribution in [0.5, 0.6) is 0 Å². The molecule has 1 N–H and O–H groups in total. The van der Waals surface area contributed by atoms with Crippen LogP contribution in [-0.4, -0.2) is 6.54 Å². The summed E-state index contributed by atoms with van der Waals surface area (Å²) < 4.78 is 0. The zero-order valence-electron chi connectivity index (χ0n) is 12.5. The lowest BCUT2D eigenvalue weighted by Gasteiger charge is -2.22. The van der Waals surface area contributed by atoms with Gasteiger partial charge < -0.3 is 5.32 Å². The van der Waals surface area contributed by atoms with Crippen molar-refractivity contribution in [2.75, 3.05) is 6.54 Å². The van der Waals surface area contributed by atoms with Crippen molar-refractivity contribution in [2.45, 2.75) is 32.2 Å². The highest BCUT2D eigenvalue weighted by molar-refractivity contribution is 6.31. The first-order valence-electron chi connectivity index (χ1n) is 7.84. The van der Waals surface area contributed by atoms with Crippen molar-refractivity contribution in [1.29, 1.82) is 0 Å². The Bertz CT molecular complexity index is 608. The first-order chi connectivity index (χ1) is 10.3. The van der Waals surface area contributed by atoms with E-state index in [0.717, 1.165) is 30.8 Å². The fourth-order valence-electron chi connectivity index (χ4n) is 3.39. The molecule has 0 saturated heterocycles. The van der Waals surface area contributed by atoms with Crippen LogP contribution in [0.3, 0.4) is 0 Å². The van der Waals surface area contributed by atoms with Gasteiger partial charge in [0, 0.05) is 11.1 Å². The Kier molecular flexibility index (Phi) is 4.62. The second kappa shape index (κ2) is 6.64. The molecule has 0 saturated carbocycles. The maximum Gasteiger partial charge on any atom is 0.0438 e. The van der Waals surface area contributed by atoms with Gasteiger partial charge in [0.15, 0.2) is 0 Å². The van der Waals surface area contributed by atoms with Gasteiger partial charge in [0.1, 0.15) is 0 Å². The van der Waals surface area contributed by atoms with Crippen LogP contribution in [0, 0.1) is 5.92 Å². The van der Waals surface area contributed by atoms with Crippen molar-refractivity contribution < 1.29 is 0 Å². The summed E-state index contributed by atoms with van der Waals surface area (Å²) in [7, 11) is 0. The molecule has 1 aliphatic rings. The third kappa shape index (κ3) is 3.14. The molecule has 0 radical (unpaired) electrons. The number of rotatable bonds is 5. The van der Waals surface area contributed by atoms with Gasteiger partial charge in [-0.2, -0.15) is 0 Å². The molecule has 21 heavy (non-hydrogen) atoms. The fraction of sp³-hybridized carbons (Fsp3) is 0.368. The summed E-state index contributed by atoms with van der Waals surface area (Å²) >= 11 is 6.35. The molecule has 2 heteroatoms. The summed E-state index contributed by atoms with van der Waals surface area (Å²) in [6, 6.07) is 17.5. The van der Waals surface area contributed by atoms with Crippen molar-refractivity contribution in [3.63, 3.8) is 0 Å². The Labute approximate surface area is 132 Å². The Morgan fingerprint density at radius 3 is 2.67 bits per heavy atom. The summed E-state index contributed by atoms with van der Waals surface area (Å²) in [4.78, 5) is 0. The van der Waals surface area contributed by atoms with Gasteiger partial charge in [-0.3, -0.25) is 0 Å². The Balaban J connectivity index is 1.83. The largest absolute Gasteiger partial charge is 0.310 e. The minimum absolute atomic E-state index is 0.456. The van der Waals surface area contributed by atoms with Gasteiger partial charge in [-0.25, -0.2) is 0 Å². The van der Waals surface area contributed by atoms with Crippen LogP contribution in [0.25, 0.3) is 0 Å². The molecule has 0 fully saturated rings. The van der Waals surface area contributed by atoms with Gasteiger partial charge in [0.25, 0.3) is 0 Å². The maximum absolute atomic E-state index is 6.35. The summed E-state index contributed by atoms with van der Waals surface area (Å²) in [5.41, 5.74) is 4.23. The molecule has 3 rings (SSSR count). The maximum atomic E-state index is 6.35. The number of benzene rings is 2. The molecule has 0 amide bonds. The zero-order chi connectivity index (χ0) is 14.7. The predicted molar refractivity (Wildman–Crippen MR) is 89.8 cm³/mol. The first-order valence-corrected chi connectivity index (χ1v) is 8.22. The van der Waals surface area contributed by atoms with Gasteiger partial charge in [0.05, 0.1) is 0 Å². The molecule has 0 aliphatic heterocycles. The van der Waals surface area contributed by atoms with E-state index in [1.54, 1.807) is 0 Å². The van der Waals surface area contributed by atoms with E-state index in [0.29, 0.717) is 12.0 Å². The molecule has 0 bridgehead atoms. The van der Waals surface area contributed by atoms with Crippen molar-refractivity contribution >= 4 is 11.6 Å². The normalized spacial score (nSPS) is 20.5. The molecular weight excluding hydrogens is 278 g/mol. The molecule has 0 heterocycles. The van der Waals surface area contributed by atoms with Gasteiger partial charge in [-0.15, -0.1) is 0 Å². The number of hydrogen-bond acceptors (Lipinski definition) is 1. The predicted octanol–water partition coefficient (Wildman–Crippen LogP) is 4.80. The van der Waals surface area contributed by atoms with E-state index in [1.165, 1.54) is 16.7 Å². The lowest BCUT2D eigenvalue weighted by molar-refractivity contribution is 0.387. The van der Waals surface area contributed by atoms with Crippen LogP contribution in [0.2, 0.25) is 5.02 Å². The third-order valence-electron chi connectivity index (χ3n) is 4.40. The van der Waals surface area contributed by atoms with Crippen molar-refractivity contribution in [3.05, 3.63) is 70.2 Å². The van der Waals surface area contributed by atoms with E-state index in [2.05, 4.69) is 48.6 Å². The smallest absolute Gasteiger partial charge is 0.0438 e. The topological polar surface area (TPSA) is 12.0 Å². The standard InChI is InChI=1S/C19H22ClN/c1-2-11-21-19-16(12-14-7-3-5-9-17(14)19)13-15-8-4-6-10-18(15)20/h3-10,16,19,21H,2,11-13H2,1H3. The van der Waals surface area contributed by atoms with Crippen molar-refractivity contribution in [3.8, 4) is 0 Å². The Morgan fingerprint density at radius 2 is 1.86 bits per heavy atom. The number of hydrogen-bond donors (Lipinski definition) is 1. The lowest BCUT2D eigenvalue weighted by Crippen LogP contribution is -2.27. The molecule has 1 nitrogen and oxygen atoms in total. The molecule has 0 spiro atoms. The third-order valence-corrected chi connectivity index (χ3v) is 4.77. The van der Waals surface area contributed by atoms with Crippen molar-refractivity contribution in [2.24, 2.45) is 5.92 Å². The SMILES string of the molecule is CCCNC1c2ccccc2CC1Cc1ccccc1Cl. The minimum atomic E-state index is 0.456. The molecule has 1 aliphatic carbocycles. The molecular formula is C19H22ClN. The summed E-state index contributed by atoms with van der Waals surface area (Å²) in [6.45, 7) is 3.29. The lowest BCUT2D eigenvalue weighted by atomic mass is 9.92. The number of halogens is 1. The van der Waals surface area contributed by atoms with Gasteiger partial charge >= 0.3 is 0 Å². The van der Waals surface area contributed by atoms with E-state index in [9.17, 15) is 0 Å². The first kappa shape index (κ1) is 14.6. The second-order valence-electron chi connectivity index (χ2n) is 5.89. The zero-order valence-corrected chi connectivity index (χ0v) is 13.2. The van der Waals surface area contributed by atoms with Crippen LogP contribution >= 0.6 is 11.6 Å². The van der Waals surface area contributed by atoms with Crippen LogP contribution in [0.4, 0.5) is 0 Å². The van der Waals surface area contributed by atoms with E-state index in [1.807, 2.05) is 12.1 Å². The average molecular weight is 300 g/mol. The molecule has 0 aromatic heterocycles. The van der Waals surface area contributed by atoms with Gasteiger partial charge in [0.2, 0.25) is 0 Å². The highest BCUT2D eigenvalue weighted by atomic mass is 35.5. The quantitative estimate of drug-likeness (QED) is 0.836.